The molecule has 0 spiro atoms. The molecule has 0 bridgehead atoms. The Kier molecular flexibility index (Phi) is 5.80. The van der Waals surface area contributed by atoms with Crippen LogP contribution in [-0.4, -0.2) is 12.5 Å². The van der Waals surface area contributed by atoms with E-state index >= 15 is 0 Å². The maximum atomic E-state index is 12.1. The van der Waals surface area contributed by atoms with Crippen LogP contribution in [-0.2, 0) is 11.2 Å². The Labute approximate surface area is 139 Å². The summed E-state index contributed by atoms with van der Waals surface area (Å²) < 4.78 is 0. The highest BCUT2D eigenvalue weighted by molar-refractivity contribution is 5.91. The Hall–Kier alpha value is -2.29. The van der Waals surface area contributed by atoms with Crippen LogP contribution in [0.25, 0.3) is 0 Å². The van der Waals surface area contributed by atoms with Gasteiger partial charge < -0.3 is 10.6 Å². The third-order valence-electron chi connectivity index (χ3n) is 4.00. The fourth-order valence-electron chi connectivity index (χ4n) is 2.92. The lowest BCUT2D eigenvalue weighted by molar-refractivity contribution is -0.115. The lowest BCUT2D eigenvalue weighted by Gasteiger charge is -2.14. The first kappa shape index (κ1) is 17.1. The molecule has 0 aliphatic heterocycles. The number of nitrogens with one attached hydrogen (secondary N) is 2. The second-order valence-electron chi connectivity index (χ2n) is 6.01. The van der Waals surface area contributed by atoms with Crippen molar-refractivity contribution in [3.8, 4) is 0 Å². The van der Waals surface area contributed by atoms with E-state index < -0.39 is 0 Å². The van der Waals surface area contributed by atoms with Crippen molar-refractivity contribution in [2.75, 3.05) is 17.2 Å². The van der Waals surface area contributed by atoms with Gasteiger partial charge in [0.1, 0.15) is 0 Å². The highest BCUT2D eigenvalue weighted by Gasteiger charge is 2.07. The minimum absolute atomic E-state index is 0.0424. The van der Waals surface area contributed by atoms with Gasteiger partial charge in [0.2, 0.25) is 5.91 Å². The summed E-state index contributed by atoms with van der Waals surface area (Å²) in [6, 6.07) is 12.3. The van der Waals surface area contributed by atoms with Gasteiger partial charge in [0.25, 0.3) is 0 Å². The van der Waals surface area contributed by atoms with Gasteiger partial charge >= 0.3 is 0 Å². The molecular formula is C20H26N2O. The molecule has 0 saturated heterocycles. The Bertz CT molecular complexity index is 669. The van der Waals surface area contributed by atoms with E-state index in [1.54, 1.807) is 0 Å². The molecule has 0 aliphatic rings. The molecule has 0 heterocycles. The van der Waals surface area contributed by atoms with E-state index in [4.69, 9.17) is 0 Å². The highest BCUT2D eigenvalue weighted by Crippen LogP contribution is 2.22. The summed E-state index contributed by atoms with van der Waals surface area (Å²) in [7, 11) is 0. The summed E-state index contributed by atoms with van der Waals surface area (Å²) in [5.41, 5.74) is 6.93. The minimum Gasteiger partial charge on any atom is -0.384 e. The molecule has 0 fully saturated rings. The Morgan fingerprint density at radius 3 is 2.35 bits per heavy atom. The summed E-state index contributed by atoms with van der Waals surface area (Å²) in [5, 5.41) is 6.40. The summed E-state index contributed by atoms with van der Waals surface area (Å²) in [6.45, 7) is 9.02. The molecule has 0 aliphatic carbocycles. The van der Waals surface area contributed by atoms with Gasteiger partial charge in [-0.1, -0.05) is 42.8 Å². The Balaban J connectivity index is 1.90. The van der Waals surface area contributed by atoms with Crippen LogP contribution in [0.1, 0.15) is 35.6 Å². The molecule has 2 rings (SSSR count). The van der Waals surface area contributed by atoms with Crippen molar-refractivity contribution in [3.05, 3.63) is 58.7 Å². The Morgan fingerprint density at radius 1 is 1.04 bits per heavy atom. The van der Waals surface area contributed by atoms with E-state index in [1.807, 2.05) is 24.3 Å². The number of hydrogen-bond acceptors (Lipinski definition) is 2. The maximum absolute atomic E-state index is 12.1. The number of para-hydroxylation sites is 1. The molecule has 0 saturated carbocycles. The molecule has 0 radical (unpaired) electrons. The summed E-state index contributed by atoms with van der Waals surface area (Å²) in [6.07, 6.45) is 1.36. The first-order chi connectivity index (χ1) is 11.0. The van der Waals surface area contributed by atoms with E-state index in [-0.39, 0.29) is 5.91 Å². The third kappa shape index (κ3) is 4.59. The van der Waals surface area contributed by atoms with E-state index in [0.717, 1.165) is 17.8 Å². The molecule has 3 nitrogen and oxygen atoms in total. The highest BCUT2D eigenvalue weighted by atomic mass is 16.1. The number of rotatable bonds is 6. The van der Waals surface area contributed by atoms with Crippen LogP contribution in [0.5, 0.6) is 0 Å². The van der Waals surface area contributed by atoms with Crippen molar-refractivity contribution in [2.24, 2.45) is 0 Å². The van der Waals surface area contributed by atoms with Gasteiger partial charge in [-0.25, -0.2) is 0 Å². The fraction of sp³-hybridized carbons (Fsp3) is 0.350. The molecule has 2 aromatic rings. The second kappa shape index (κ2) is 7.82. The largest absolute Gasteiger partial charge is 0.384 e. The molecule has 0 unspecified atom stereocenters. The van der Waals surface area contributed by atoms with Crippen molar-refractivity contribution in [1.29, 1.82) is 0 Å². The normalized spacial score (nSPS) is 10.4. The lowest BCUT2D eigenvalue weighted by Crippen LogP contribution is -2.17. The van der Waals surface area contributed by atoms with Crippen molar-refractivity contribution in [1.82, 2.24) is 0 Å². The Morgan fingerprint density at radius 2 is 1.70 bits per heavy atom. The molecule has 122 valence electrons. The number of aryl methyl sites for hydroxylation is 4. The van der Waals surface area contributed by atoms with Crippen LogP contribution in [0.3, 0.4) is 0 Å². The minimum atomic E-state index is 0.0424. The third-order valence-corrected chi connectivity index (χ3v) is 4.00. The average Bonchev–Trinajstić information content (AvgIpc) is 2.50. The molecule has 3 heteroatoms. The van der Waals surface area contributed by atoms with E-state index in [9.17, 15) is 4.79 Å². The molecule has 0 aromatic heterocycles. The zero-order valence-corrected chi connectivity index (χ0v) is 14.5. The molecule has 2 N–H and O–H groups in total. The quantitative estimate of drug-likeness (QED) is 0.817. The van der Waals surface area contributed by atoms with Crippen LogP contribution in [0.2, 0.25) is 0 Å². The number of anilines is 2. The van der Waals surface area contributed by atoms with Crippen molar-refractivity contribution >= 4 is 17.3 Å². The fourth-order valence-corrected chi connectivity index (χ4v) is 2.92. The van der Waals surface area contributed by atoms with Crippen molar-refractivity contribution in [3.63, 3.8) is 0 Å². The molecule has 1 amide bonds. The molecule has 0 atom stereocenters. The first-order valence-electron chi connectivity index (χ1n) is 8.20. The average molecular weight is 310 g/mol. The van der Waals surface area contributed by atoms with Crippen LogP contribution < -0.4 is 10.6 Å². The standard InChI is InChI=1S/C20H26N2O/c1-5-17-8-6-7-9-18(17)22-19(23)10-11-21-20-15(3)12-14(2)13-16(20)4/h6-9,12-13,21H,5,10-11H2,1-4H3,(H,22,23). The smallest absolute Gasteiger partial charge is 0.226 e. The topological polar surface area (TPSA) is 41.1 Å². The van der Waals surface area contributed by atoms with Gasteiger partial charge in [-0.05, 0) is 49.9 Å². The van der Waals surface area contributed by atoms with Crippen molar-refractivity contribution < 1.29 is 4.79 Å². The SMILES string of the molecule is CCc1ccccc1NC(=O)CCNc1c(C)cc(C)cc1C. The number of hydrogen-bond donors (Lipinski definition) is 2. The van der Waals surface area contributed by atoms with Gasteiger partial charge in [-0.3, -0.25) is 4.79 Å². The summed E-state index contributed by atoms with van der Waals surface area (Å²) >= 11 is 0. The molecule has 23 heavy (non-hydrogen) atoms. The number of amides is 1. The van der Waals surface area contributed by atoms with Gasteiger partial charge in [-0.15, -0.1) is 0 Å². The molecular weight excluding hydrogens is 284 g/mol. The van der Waals surface area contributed by atoms with Crippen LogP contribution in [0.15, 0.2) is 36.4 Å². The first-order valence-corrected chi connectivity index (χ1v) is 8.20. The van der Waals surface area contributed by atoms with E-state index in [1.165, 1.54) is 22.3 Å². The maximum Gasteiger partial charge on any atom is 0.226 e. The van der Waals surface area contributed by atoms with Crippen LogP contribution in [0, 0.1) is 20.8 Å². The lowest BCUT2D eigenvalue weighted by atomic mass is 10.1. The zero-order valence-electron chi connectivity index (χ0n) is 14.5. The summed E-state index contributed by atoms with van der Waals surface area (Å²) in [4.78, 5) is 12.1. The zero-order chi connectivity index (χ0) is 16.8. The number of carbonyl (C=O) groups excluding carboxylic acids is 1. The van der Waals surface area contributed by atoms with Gasteiger partial charge in [0, 0.05) is 24.3 Å². The van der Waals surface area contributed by atoms with E-state index in [0.29, 0.717) is 13.0 Å². The molecule has 2 aromatic carbocycles. The number of carbonyl (C=O) groups is 1. The van der Waals surface area contributed by atoms with Gasteiger partial charge in [-0.2, -0.15) is 0 Å². The van der Waals surface area contributed by atoms with Crippen LogP contribution in [0.4, 0.5) is 11.4 Å². The predicted octanol–water partition coefficient (Wildman–Crippen LogP) is 4.61. The monoisotopic (exact) mass is 310 g/mol. The van der Waals surface area contributed by atoms with Crippen LogP contribution >= 0.6 is 0 Å². The van der Waals surface area contributed by atoms with Gasteiger partial charge in [0.05, 0.1) is 0 Å². The van der Waals surface area contributed by atoms with Gasteiger partial charge in [0.15, 0.2) is 0 Å². The number of benzene rings is 2. The predicted molar refractivity (Wildman–Crippen MR) is 98.2 cm³/mol. The van der Waals surface area contributed by atoms with Crippen molar-refractivity contribution in [2.45, 2.75) is 40.5 Å². The van der Waals surface area contributed by atoms with E-state index in [2.05, 4.69) is 50.5 Å². The second-order valence-corrected chi connectivity index (χ2v) is 6.01. The summed E-state index contributed by atoms with van der Waals surface area (Å²) in [5.74, 6) is 0.0424.